The van der Waals surface area contributed by atoms with Gasteiger partial charge < -0.3 is 0 Å². The van der Waals surface area contributed by atoms with Gasteiger partial charge in [-0.15, -0.1) is 0 Å². The van der Waals surface area contributed by atoms with Crippen LogP contribution in [-0.4, -0.2) is 18.0 Å². The van der Waals surface area contributed by atoms with Gasteiger partial charge in [0.05, 0.1) is 6.54 Å². The summed E-state index contributed by atoms with van der Waals surface area (Å²) in [5.74, 6) is 0.294. The van der Waals surface area contributed by atoms with E-state index in [2.05, 4.69) is 4.99 Å². The van der Waals surface area contributed by atoms with Crippen LogP contribution < -0.4 is 0 Å². The molecule has 0 saturated heterocycles. The Labute approximate surface area is 59.6 Å². The maximum absolute atomic E-state index is 11.1. The lowest BCUT2D eigenvalue weighted by Crippen LogP contribution is -2.16. The minimum Gasteiger partial charge on any atom is -0.294 e. The van der Waals surface area contributed by atoms with Crippen LogP contribution in [0, 0.1) is 0 Å². The molecule has 0 atom stereocenters. The Balaban J connectivity index is 2.34. The summed E-state index contributed by atoms with van der Waals surface area (Å²) in [6.07, 6.45) is 4.67. The zero-order valence-corrected chi connectivity index (χ0v) is 5.76. The number of fused-ring (bicyclic) bond motifs is 1. The Morgan fingerprint density at radius 1 is 1.40 bits per heavy atom. The second-order valence-corrected chi connectivity index (χ2v) is 2.68. The first-order valence-electron chi connectivity index (χ1n) is 3.65. The summed E-state index contributed by atoms with van der Waals surface area (Å²) in [6.45, 7) is 0.733. The maximum Gasteiger partial charge on any atom is 0.164 e. The number of ketones is 1. The highest BCUT2D eigenvalue weighted by molar-refractivity contribution is 6.24. The molecule has 0 radical (unpaired) electrons. The van der Waals surface area contributed by atoms with Gasteiger partial charge in [0.25, 0.3) is 0 Å². The third-order valence-corrected chi connectivity index (χ3v) is 2.01. The summed E-state index contributed by atoms with van der Waals surface area (Å²) in [5.41, 5.74) is 1.96. The Morgan fingerprint density at radius 2 is 2.30 bits per heavy atom. The molecule has 2 aliphatic rings. The first-order valence-corrected chi connectivity index (χ1v) is 3.65. The van der Waals surface area contributed by atoms with E-state index in [1.165, 1.54) is 0 Å². The Morgan fingerprint density at radius 3 is 3.10 bits per heavy atom. The fraction of sp³-hybridized carbons (Fsp3) is 0.500. The molecule has 1 fully saturated rings. The third-order valence-electron chi connectivity index (χ3n) is 2.01. The van der Waals surface area contributed by atoms with Crippen molar-refractivity contribution in [1.82, 2.24) is 0 Å². The summed E-state index contributed by atoms with van der Waals surface area (Å²) in [5, 5.41) is 0. The molecule has 0 unspecified atom stereocenters. The molecule has 0 aromatic heterocycles. The van der Waals surface area contributed by atoms with Crippen LogP contribution in [-0.2, 0) is 4.79 Å². The van der Waals surface area contributed by atoms with Crippen molar-refractivity contribution < 1.29 is 4.79 Å². The van der Waals surface area contributed by atoms with Gasteiger partial charge in [0, 0.05) is 17.7 Å². The maximum atomic E-state index is 11.1. The molecule has 0 N–H and O–H groups in total. The topological polar surface area (TPSA) is 29.4 Å². The number of nitrogens with zero attached hydrogens (tertiary/aromatic N) is 1. The highest BCUT2D eigenvalue weighted by Gasteiger charge is 2.22. The Hall–Kier alpha value is -0.920. The fourth-order valence-corrected chi connectivity index (χ4v) is 1.49. The first-order chi connectivity index (χ1) is 4.88. The minimum atomic E-state index is 0.294. The van der Waals surface area contributed by atoms with E-state index in [9.17, 15) is 4.79 Å². The highest BCUT2D eigenvalue weighted by Crippen LogP contribution is 2.20. The van der Waals surface area contributed by atoms with E-state index in [1.54, 1.807) is 0 Å². The third kappa shape index (κ3) is 0.719. The number of hydrogen-bond acceptors (Lipinski definition) is 2. The van der Waals surface area contributed by atoms with Gasteiger partial charge in [-0.25, -0.2) is 0 Å². The molecule has 1 saturated carbocycles. The average Bonchev–Trinajstić information content (AvgIpc) is 2.36. The van der Waals surface area contributed by atoms with E-state index in [4.69, 9.17) is 0 Å². The molecule has 52 valence electrons. The van der Waals surface area contributed by atoms with Gasteiger partial charge in [-0.2, -0.15) is 0 Å². The van der Waals surface area contributed by atoms with Crippen molar-refractivity contribution in [3.8, 4) is 0 Å². The molecule has 0 spiro atoms. The fourth-order valence-electron chi connectivity index (χ4n) is 1.49. The van der Waals surface area contributed by atoms with Gasteiger partial charge in [0.15, 0.2) is 5.78 Å². The quantitative estimate of drug-likeness (QED) is 0.489. The molecule has 2 rings (SSSR count). The predicted octanol–water partition coefficient (Wildman–Crippen LogP) is 1.12. The Kier molecular flexibility index (Phi) is 1.19. The van der Waals surface area contributed by atoms with Gasteiger partial charge in [-0.3, -0.25) is 9.79 Å². The van der Waals surface area contributed by atoms with E-state index >= 15 is 0 Å². The zero-order valence-electron chi connectivity index (χ0n) is 5.76. The molecule has 0 bridgehead atoms. The summed E-state index contributed by atoms with van der Waals surface area (Å²) in [4.78, 5) is 15.3. The van der Waals surface area contributed by atoms with Crippen LogP contribution in [0.1, 0.15) is 19.3 Å². The number of allylic oxidation sites excluding steroid dienone is 1. The Bertz CT molecular complexity index is 238. The lowest BCUT2D eigenvalue weighted by molar-refractivity contribution is -0.115. The normalized spacial score (nSPS) is 23.8. The molecule has 2 nitrogen and oxygen atoms in total. The van der Waals surface area contributed by atoms with Gasteiger partial charge >= 0.3 is 0 Å². The lowest BCUT2D eigenvalue weighted by Gasteiger charge is -2.10. The van der Waals surface area contributed by atoms with Crippen molar-refractivity contribution in [3.63, 3.8) is 0 Å². The number of aliphatic imine (C=N–C) groups is 1. The zero-order chi connectivity index (χ0) is 6.97. The van der Waals surface area contributed by atoms with Crippen LogP contribution in [0.2, 0.25) is 0 Å². The van der Waals surface area contributed by atoms with Crippen LogP contribution >= 0.6 is 0 Å². The number of rotatable bonds is 0. The van der Waals surface area contributed by atoms with Crippen molar-refractivity contribution in [2.75, 3.05) is 6.54 Å². The lowest BCUT2D eigenvalue weighted by atomic mass is 9.93. The summed E-state index contributed by atoms with van der Waals surface area (Å²) in [7, 11) is 0. The monoisotopic (exact) mass is 135 g/mol. The van der Waals surface area contributed by atoms with Gasteiger partial charge in [0.2, 0.25) is 0 Å². The number of hydrogen-bond donors (Lipinski definition) is 0. The molecular formula is C8H9NO. The van der Waals surface area contributed by atoms with E-state index in [-0.39, 0.29) is 0 Å². The van der Waals surface area contributed by atoms with E-state index in [1.807, 2.05) is 6.08 Å². The van der Waals surface area contributed by atoms with E-state index in [0.29, 0.717) is 5.78 Å². The smallest absolute Gasteiger partial charge is 0.164 e. The van der Waals surface area contributed by atoms with Crippen LogP contribution in [0.15, 0.2) is 16.6 Å². The second-order valence-electron chi connectivity index (χ2n) is 2.68. The van der Waals surface area contributed by atoms with E-state index < -0.39 is 0 Å². The predicted molar refractivity (Wildman–Crippen MR) is 39.2 cm³/mol. The highest BCUT2D eigenvalue weighted by atomic mass is 16.1. The van der Waals surface area contributed by atoms with Gasteiger partial charge in [-0.1, -0.05) is 6.08 Å². The molecular weight excluding hydrogens is 126 g/mol. The summed E-state index contributed by atoms with van der Waals surface area (Å²) < 4.78 is 0. The van der Waals surface area contributed by atoms with Crippen molar-refractivity contribution in [1.29, 1.82) is 0 Å². The van der Waals surface area contributed by atoms with Gasteiger partial charge in [-0.05, 0) is 12.8 Å². The van der Waals surface area contributed by atoms with Crippen LogP contribution in [0.4, 0.5) is 0 Å². The number of Topliss-reactive ketones (excluding diaryl/α,β-unsaturated/α-hetero) is 1. The molecule has 1 aliphatic carbocycles. The summed E-state index contributed by atoms with van der Waals surface area (Å²) >= 11 is 0. The van der Waals surface area contributed by atoms with Crippen molar-refractivity contribution in [2.45, 2.75) is 19.3 Å². The van der Waals surface area contributed by atoms with Crippen molar-refractivity contribution >= 4 is 11.5 Å². The molecule has 0 aromatic carbocycles. The standard InChI is InChI=1S/C8H9NO/c10-8-3-1-2-7-6(8)4-5-9-7/h4H,1-3,5H2. The molecule has 1 aliphatic heterocycles. The largest absolute Gasteiger partial charge is 0.294 e. The SMILES string of the molecule is O=C1CCCC2=NCC=C12. The summed E-state index contributed by atoms with van der Waals surface area (Å²) in [6, 6.07) is 0. The number of carbonyl (C=O) groups excluding carboxylic acids is 1. The van der Waals surface area contributed by atoms with Crippen molar-refractivity contribution in [2.24, 2.45) is 4.99 Å². The molecule has 10 heavy (non-hydrogen) atoms. The van der Waals surface area contributed by atoms with E-state index in [0.717, 1.165) is 37.1 Å². The van der Waals surface area contributed by atoms with Crippen LogP contribution in [0.3, 0.4) is 0 Å². The molecule has 0 amide bonds. The number of carbonyl (C=O) groups is 1. The molecule has 0 aromatic rings. The van der Waals surface area contributed by atoms with Crippen LogP contribution in [0.5, 0.6) is 0 Å². The van der Waals surface area contributed by atoms with Crippen molar-refractivity contribution in [3.05, 3.63) is 11.6 Å². The molecule has 2 heteroatoms. The first kappa shape index (κ1) is 5.83. The average molecular weight is 135 g/mol. The second kappa shape index (κ2) is 2.04. The molecule has 1 heterocycles. The van der Waals surface area contributed by atoms with Crippen LogP contribution in [0.25, 0.3) is 0 Å². The van der Waals surface area contributed by atoms with Gasteiger partial charge in [0.1, 0.15) is 0 Å². The minimum absolute atomic E-state index is 0.294.